The SMILES string of the molecule is CN(C)c1nc(Nc2ccoc2)nc(N(C)C)n1. The van der Waals surface area contributed by atoms with Gasteiger partial charge in [0.1, 0.15) is 6.26 Å². The van der Waals surface area contributed by atoms with Gasteiger partial charge in [0.05, 0.1) is 12.0 Å². The second-order valence-electron chi connectivity index (χ2n) is 4.18. The Hall–Kier alpha value is -2.31. The molecule has 0 aromatic carbocycles. The first-order valence-electron chi connectivity index (χ1n) is 5.46. The Balaban J connectivity index is 2.34. The molecule has 0 aliphatic rings. The van der Waals surface area contributed by atoms with Crippen LogP contribution in [0.2, 0.25) is 0 Å². The summed E-state index contributed by atoms with van der Waals surface area (Å²) in [4.78, 5) is 16.6. The van der Waals surface area contributed by atoms with Crippen molar-refractivity contribution in [3.05, 3.63) is 18.6 Å². The van der Waals surface area contributed by atoms with E-state index in [-0.39, 0.29) is 0 Å². The number of anilines is 4. The van der Waals surface area contributed by atoms with Gasteiger partial charge in [-0.15, -0.1) is 0 Å². The maximum atomic E-state index is 4.99. The predicted molar refractivity (Wildman–Crippen MR) is 70.5 cm³/mol. The minimum Gasteiger partial charge on any atom is -0.470 e. The molecule has 0 saturated carbocycles. The fraction of sp³-hybridized carbons (Fsp3) is 0.364. The molecule has 1 N–H and O–H groups in total. The number of nitrogens with zero attached hydrogens (tertiary/aromatic N) is 5. The Morgan fingerprint density at radius 1 is 1.00 bits per heavy atom. The third kappa shape index (κ3) is 2.68. The van der Waals surface area contributed by atoms with Crippen LogP contribution in [0.1, 0.15) is 0 Å². The van der Waals surface area contributed by atoms with Crippen LogP contribution in [0, 0.1) is 0 Å². The molecule has 7 nitrogen and oxygen atoms in total. The molecule has 2 rings (SSSR count). The highest BCUT2D eigenvalue weighted by Gasteiger charge is 2.09. The first-order chi connectivity index (χ1) is 8.56. The van der Waals surface area contributed by atoms with E-state index in [1.54, 1.807) is 18.6 Å². The fourth-order valence-corrected chi connectivity index (χ4v) is 1.27. The van der Waals surface area contributed by atoms with Gasteiger partial charge in [0.15, 0.2) is 0 Å². The molecule has 96 valence electrons. The Kier molecular flexibility index (Phi) is 3.31. The maximum absolute atomic E-state index is 4.99. The molecule has 0 radical (unpaired) electrons. The first kappa shape index (κ1) is 12.2. The summed E-state index contributed by atoms with van der Waals surface area (Å²) < 4.78 is 4.99. The van der Waals surface area contributed by atoms with Gasteiger partial charge in [-0.3, -0.25) is 0 Å². The first-order valence-corrected chi connectivity index (χ1v) is 5.46. The average molecular weight is 248 g/mol. The minimum atomic E-state index is 0.485. The fourth-order valence-electron chi connectivity index (χ4n) is 1.27. The van der Waals surface area contributed by atoms with Crippen molar-refractivity contribution in [2.24, 2.45) is 0 Å². The van der Waals surface area contributed by atoms with E-state index in [0.29, 0.717) is 17.8 Å². The van der Waals surface area contributed by atoms with Crippen molar-refractivity contribution < 1.29 is 4.42 Å². The molecule has 0 bridgehead atoms. The third-order valence-corrected chi connectivity index (χ3v) is 2.19. The second-order valence-corrected chi connectivity index (χ2v) is 4.18. The highest BCUT2D eigenvalue weighted by molar-refractivity contribution is 5.54. The highest BCUT2D eigenvalue weighted by atomic mass is 16.3. The van der Waals surface area contributed by atoms with E-state index in [2.05, 4.69) is 20.3 Å². The van der Waals surface area contributed by atoms with Gasteiger partial charge < -0.3 is 19.5 Å². The van der Waals surface area contributed by atoms with E-state index in [1.807, 2.05) is 38.0 Å². The Morgan fingerprint density at radius 3 is 2.06 bits per heavy atom. The van der Waals surface area contributed by atoms with Crippen LogP contribution >= 0.6 is 0 Å². The molecular weight excluding hydrogens is 232 g/mol. The maximum Gasteiger partial charge on any atom is 0.233 e. The van der Waals surface area contributed by atoms with Crippen LogP contribution in [0.5, 0.6) is 0 Å². The summed E-state index contributed by atoms with van der Waals surface area (Å²) >= 11 is 0. The summed E-state index contributed by atoms with van der Waals surface area (Å²) in [6.07, 6.45) is 3.18. The Morgan fingerprint density at radius 2 is 1.61 bits per heavy atom. The van der Waals surface area contributed by atoms with Crippen LogP contribution < -0.4 is 15.1 Å². The van der Waals surface area contributed by atoms with Crippen LogP contribution in [-0.2, 0) is 0 Å². The van der Waals surface area contributed by atoms with E-state index in [1.165, 1.54) is 0 Å². The number of hydrogen-bond acceptors (Lipinski definition) is 7. The van der Waals surface area contributed by atoms with Gasteiger partial charge in [0.25, 0.3) is 0 Å². The lowest BCUT2D eigenvalue weighted by Crippen LogP contribution is -2.19. The van der Waals surface area contributed by atoms with Crippen LogP contribution in [0.4, 0.5) is 23.5 Å². The minimum absolute atomic E-state index is 0.485. The molecule has 2 aromatic rings. The monoisotopic (exact) mass is 248 g/mol. The zero-order valence-electron chi connectivity index (χ0n) is 10.9. The number of nitrogens with one attached hydrogen (secondary N) is 1. The molecule has 0 saturated heterocycles. The van der Waals surface area contributed by atoms with Crippen molar-refractivity contribution in [1.29, 1.82) is 0 Å². The topological polar surface area (TPSA) is 70.3 Å². The van der Waals surface area contributed by atoms with Gasteiger partial charge in [-0.25, -0.2) is 0 Å². The highest BCUT2D eigenvalue weighted by Crippen LogP contribution is 2.17. The van der Waals surface area contributed by atoms with E-state index < -0.39 is 0 Å². The molecule has 0 fully saturated rings. The molecular formula is C11H16N6O. The summed E-state index contributed by atoms with van der Waals surface area (Å²) in [6.45, 7) is 0. The summed E-state index contributed by atoms with van der Waals surface area (Å²) in [5.41, 5.74) is 0.801. The third-order valence-electron chi connectivity index (χ3n) is 2.19. The molecule has 2 heterocycles. The quantitative estimate of drug-likeness (QED) is 0.875. The lowest BCUT2D eigenvalue weighted by atomic mass is 10.5. The number of rotatable bonds is 4. The van der Waals surface area contributed by atoms with Gasteiger partial charge in [0, 0.05) is 28.2 Å². The molecule has 0 aliphatic heterocycles. The summed E-state index contributed by atoms with van der Waals surface area (Å²) in [7, 11) is 7.54. The number of furan rings is 1. The van der Waals surface area contributed by atoms with Crippen molar-refractivity contribution in [3.63, 3.8) is 0 Å². The lowest BCUT2D eigenvalue weighted by Gasteiger charge is -2.16. The smallest absolute Gasteiger partial charge is 0.233 e. The van der Waals surface area contributed by atoms with E-state index in [4.69, 9.17) is 4.42 Å². The number of aromatic nitrogens is 3. The molecule has 18 heavy (non-hydrogen) atoms. The lowest BCUT2D eigenvalue weighted by molar-refractivity contribution is 0.568. The largest absolute Gasteiger partial charge is 0.470 e. The normalized spacial score (nSPS) is 10.2. The molecule has 0 spiro atoms. The molecule has 2 aromatic heterocycles. The van der Waals surface area contributed by atoms with Crippen LogP contribution in [0.15, 0.2) is 23.0 Å². The zero-order valence-corrected chi connectivity index (χ0v) is 10.9. The second kappa shape index (κ2) is 4.91. The van der Waals surface area contributed by atoms with Gasteiger partial charge in [-0.1, -0.05) is 0 Å². The van der Waals surface area contributed by atoms with E-state index >= 15 is 0 Å². The number of hydrogen-bond donors (Lipinski definition) is 1. The summed E-state index contributed by atoms with van der Waals surface area (Å²) in [5, 5.41) is 3.07. The van der Waals surface area contributed by atoms with E-state index in [0.717, 1.165) is 5.69 Å². The molecule has 0 atom stereocenters. The van der Waals surface area contributed by atoms with Crippen LogP contribution in [0.3, 0.4) is 0 Å². The van der Waals surface area contributed by atoms with Crippen molar-refractivity contribution in [1.82, 2.24) is 15.0 Å². The van der Waals surface area contributed by atoms with Gasteiger partial charge in [-0.2, -0.15) is 15.0 Å². The van der Waals surface area contributed by atoms with Gasteiger partial charge in [-0.05, 0) is 6.07 Å². The molecule has 0 aliphatic carbocycles. The average Bonchev–Trinajstić information content (AvgIpc) is 2.81. The molecule has 0 unspecified atom stereocenters. The van der Waals surface area contributed by atoms with Crippen LogP contribution in [-0.4, -0.2) is 43.1 Å². The molecule has 0 amide bonds. The summed E-state index contributed by atoms with van der Waals surface area (Å²) in [6, 6.07) is 1.80. The molecule has 7 heteroatoms. The van der Waals surface area contributed by atoms with Crippen molar-refractivity contribution in [3.8, 4) is 0 Å². The van der Waals surface area contributed by atoms with Gasteiger partial charge in [0.2, 0.25) is 17.8 Å². The summed E-state index contributed by atoms with van der Waals surface area (Å²) in [5.74, 6) is 1.68. The Labute approximate surface area is 105 Å². The zero-order chi connectivity index (χ0) is 13.1. The van der Waals surface area contributed by atoms with Crippen LogP contribution in [0.25, 0.3) is 0 Å². The standard InChI is InChI=1S/C11H16N6O/c1-16(2)10-13-9(12-8-5-6-18-7-8)14-11(15-10)17(3)4/h5-7H,1-4H3,(H,12,13,14,15). The predicted octanol–water partition coefficient (Wildman–Crippen LogP) is 1.34. The van der Waals surface area contributed by atoms with Crippen molar-refractivity contribution >= 4 is 23.5 Å². The van der Waals surface area contributed by atoms with Crippen molar-refractivity contribution in [2.45, 2.75) is 0 Å². The van der Waals surface area contributed by atoms with E-state index in [9.17, 15) is 0 Å². The van der Waals surface area contributed by atoms with Gasteiger partial charge >= 0.3 is 0 Å². The van der Waals surface area contributed by atoms with Crippen molar-refractivity contribution in [2.75, 3.05) is 43.3 Å². The Bertz CT molecular complexity index is 482.